The first kappa shape index (κ1) is 20.5. The van der Waals surface area contributed by atoms with Gasteiger partial charge in [0.1, 0.15) is 17.2 Å². The summed E-state index contributed by atoms with van der Waals surface area (Å²) in [6, 6.07) is 12.9. The molecule has 1 aromatic carbocycles. The Morgan fingerprint density at radius 3 is 2.78 bits per heavy atom. The number of hydrogen-bond donors (Lipinski definition) is 2. The molecule has 1 unspecified atom stereocenters. The molecule has 1 spiro atoms. The van der Waals surface area contributed by atoms with Crippen LogP contribution in [0.5, 0.6) is 5.75 Å². The van der Waals surface area contributed by atoms with Gasteiger partial charge in [0.25, 0.3) is 0 Å². The quantitative estimate of drug-likeness (QED) is 0.446. The topological polar surface area (TPSA) is 109 Å². The number of aryl methyl sites for hydroxylation is 1. The van der Waals surface area contributed by atoms with Crippen LogP contribution < -0.4 is 20.3 Å². The second-order valence-electron chi connectivity index (χ2n) is 10.6. The number of fused-ring (bicyclic) bond motifs is 5. The van der Waals surface area contributed by atoms with Gasteiger partial charge in [-0.3, -0.25) is 10.1 Å². The molecular formula is C27H28N8O. The van der Waals surface area contributed by atoms with Gasteiger partial charge in [-0.25, -0.2) is 9.97 Å². The molecule has 2 saturated heterocycles. The monoisotopic (exact) mass is 480 g/mol. The molecule has 2 bridgehead atoms. The zero-order valence-corrected chi connectivity index (χ0v) is 20.0. The zero-order valence-electron chi connectivity index (χ0n) is 20.0. The van der Waals surface area contributed by atoms with Gasteiger partial charge in [-0.15, -0.1) is 0 Å². The van der Waals surface area contributed by atoms with E-state index in [9.17, 15) is 0 Å². The molecule has 4 aromatic rings. The lowest BCUT2D eigenvalue weighted by Gasteiger charge is -2.46. The number of aromatic nitrogens is 5. The van der Waals surface area contributed by atoms with Crippen LogP contribution in [0.15, 0.2) is 48.8 Å². The van der Waals surface area contributed by atoms with E-state index < -0.39 is 0 Å². The van der Waals surface area contributed by atoms with E-state index in [1.807, 2.05) is 36.7 Å². The number of nitrogens with one attached hydrogen (secondary N) is 1. The highest BCUT2D eigenvalue weighted by molar-refractivity contribution is 5.87. The molecule has 7 heterocycles. The predicted molar refractivity (Wildman–Crippen MR) is 137 cm³/mol. The standard InChI is InChI=1S/C27H28N8O/c28-24-18-5-1-2-8-21(18)36-27(24)13-16-9-10-17(14-27)35(16)22-15-30-23-25(31-22)32-33-26(23)34-12-4-6-19-20(34)7-3-11-29-19/h1-3,5,7-8,11,15-17,24H,4,6,9-10,12-14,28H2,(H,31,32,33)/t16-,17?,24+,27+/m0/s1. The zero-order chi connectivity index (χ0) is 23.9. The number of para-hydroxylation sites is 1. The van der Waals surface area contributed by atoms with Gasteiger partial charge in [0.05, 0.1) is 23.6 Å². The Balaban J connectivity index is 1.10. The summed E-state index contributed by atoms with van der Waals surface area (Å²) in [7, 11) is 0. The summed E-state index contributed by atoms with van der Waals surface area (Å²) in [4.78, 5) is 19.1. The van der Waals surface area contributed by atoms with Gasteiger partial charge < -0.3 is 20.3 Å². The lowest BCUT2D eigenvalue weighted by molar-refractivity contribution is 0.0272. The average molecular weight is 481 g/mol. The van der Waals surface area contributed by atoms with Gasteiger partial charge in [0, 0.05) is 43.2 Å². The van der Waals surface area contributed by atoms with Crippen molar-refractivity contribution in [3.8, 4) is 5.75 Å². The second kappa shape index (κ2) is 7.39. The number of rotatable bonds is 2. The smallest absolute Gasteiger partial charge is 0.183 e. The Kier molecular flexibility index (Phi) is 4.20. The SMILES string of the molecule is N[C@@H]1c2ccccc2O[C@]12CC1CC[C@@H](C2)N1c1cnc2c(N3CCCc4ncccc43)n[nH]c2n1. The number of benzene rings is 1. The molecule has 3 aromatic heterocycles. The first-order chi connectivity index (χ1) is 17.7. The van der Waals surface area contributed by atoms with E-state index in [0.717, 1.165) is 90.6 Å². The minimum absolute atomic E-state index is 0.0930. The fraction of sp³-hybridized carbons (Fsp3) is 0.407. The van der Waals surface area contributed by atoms with Gasteiger partial charge in [-0.1, -0.05) is 18.2 Å². The van der Waals surface area contributed by atoms with Crippen molar-refractivity contribution in [3.63, 3.8) is 0 Å². The van der Waals surface area contributed by atoms with Gasteiger partial charge in [-0.05, 0) is 43.9 Å². The summed E-state index contributed by atoms with van der Waals surface area (Å²) < 4.78 is 6.57. The van der Waals surface area contributed by atoms with Crippen molar-refractivity contribution in [1.29, 1.82) is 0 Å². The highest BCUT2D eigenvalue weighted by Gasteiger charge is 2.56. The Morgan fingerprint density at radius 1 is 1.06 bits per heavy atom. The molecule has 182 valence electrons. The van der Waals surface area contributed by atoms with Gasteiger partial charge >= 0.3 is 0 Å². The van der Waals surface area contributed by atoms with Gasteiger partial charge in [0.2, 0.25) is 0 Å². The van der Waals surface area contributed by atoms with Crippen molar-refractivity contribution in [2.75, 3.05) is 16.3 Å². The lowest BCUT2D eigenvalue weighted by atomic mass is 9.79. The van der Waals surface area contributed by atoms with E-state index in [0.29, 0.717) is 12.1 Å². The predicted octanol–water partition coefficient (Wildman–Crippen LogP) is 3.79. The molecule has 3 N–H and O–H groups in total. The number of nitrogens with two attached hydrogens (primary N) is 1. The molecule has 0 radical (unpaired) electrons. The van der Waals surface area contributed by atoms with E-state index in [-0.39, 0.29) is 11.6 Å². The number of ether oxygens (including phenoxy) is 1. The summed E-state index contributed by atoms with van der Waals surface area (Å²) in [6.45, 7) is 0.892. The Labute approximate surface area is 208 Å². The van der Waals surface area contributed by atoms with E-state index in [1.54, 1.807) is 0 Å². The average Bonchev–Trinajstić information content (AvgIpc) is 3.54. The third-order valence-electron chi connectivity index (χ3n) is 8.63. The van der Waals surface area contributed by atoms with Crippen molar-refractivity contribution < 1.29 is 4.74 Å². The number of hydrogen-bond acceptors (Lipinski definition) is 8. The number of nitrogens with zero attached hydrogens (tertiary/aromatic N) is 6. The van der Waals surface area contributed by atoms with Crippen molar-refractivity contribution in [3.05, 3.63) is 60.0 Å². The largest absolute Gasteiger partial charge is 0.485 e. The second-order valence-corrected chi connectivity index (χ2v) is 10.6. The van der Waals surface area contributed by atoms with Crippen molar-refractivity contribution in [2.45, 2.75) is 62.3 Å². The third kappa shape index (κ3) is 2.80. The summed E-state index contributed by atoms with van der Waals surface area (Å²) in [5, 5.41) is 7.80. The van der Waals surface area contributed by atoms with Crippen molar-refractivity contribution >= 4 is 28.5 Å². The maximum atomic E-state index is 6.78. The van der Waals surface area contributed by atoms with Gasteiger partial charge in [0.15, 0.2) is 17.0 Å². The van der Waals surface area contributed by atoms with Gasteiger partial charge in [-0.2, -0.15) is 5.10 Å². The Morgan fingerprint density at radius 2 is 1.92 bits per heavy atom. The summed E-state index contributed by atoms with van der Waals surface area (Å²) in [6.07, 6.45) is 9.82. The highest BCUT2D eigenvalue weighted by Crippen LogP contribution is 2.53. The fourth-order valence-electron chi connectivity index (χ4n) is 7.06. The van der Waals surface area contributed by atoms with Crippen LogP contribution >= 0.6 is 0 Å². The van der Waals surface area contributed by atoms with Crippen LogP contribution in [0.3, 0.4) is 0 Å². The van der Waals surface area contributed by atoms with E-state index >= 15 is 0 Å². The Hall–Kier alpha value is -3.72. The third-order valence-corrected chi connectivity index (χ3v) is 8.63. The Bertz CT molecular complexity index is 1470. The molecule has 0 saturated carbocycles. The van der Waals surface area contributed by atoms with Crippen molar-refractivity contribution in [1.82, 2.24) is 25.1 Å². The van der Waals surface area contributed by atoms with Crippen LogP contribution in [0.25, 0.3) is 11.2 Å². The number of H-pyrrole nitrogens is 1. The van der Waals surface area contributed by atoms with Crippen LogP contribution in [-0.2, 0) is 6.42 Å². The molecule has 2 fully saturated rings. The molecule has 0 amide bonds. The lowest BCUT2D eigenvalue weighted by Crippen LogP contribution is -2.56. The summed E-state index contributed by atoms with van der Waals surface area (Å²) >= 11 is 0. The van der Waals surface area contributed by atoms with Crippen LogP contribution in [0.1, 0.15) is 49.4 Å². The minimum atomic E-state index is -0.333. The molecular weight excluding hydrogens is 452 g/mol. The van der Waals surface area contributed by atoms with Crippen LogP contribution in [0.4, 0.5) is 17.3 Å². The first-order valence-corrected chi connectivity index (χ1v) is 12.9. The molecule has 36 heavy (non-hydrogen) atoms. The van der Waals surface area contributed by atoms with Crippen LogP contribution in [-0.4, -0.2) is 49.4 Å². The minimum Gasteiger partial charge on any atom is -0.485 e. The molecule has 4 aliphatic rings. The molecule has 4 atom stereocenters. The molecule has 9 nitrogen and oxygen atoms in total. The maximum absolute atomic E-state index is 6.78. The number of aromatic amines is 1. The van der Waals surface area contributed by atoms with Crippen molar-refractivity contribution in [2.24, 2.45) is 5.73 Å². The fourth-order valence-corrected chi connectivity index (χ4v) is 7.06. The first-order valence-electron chi connectivity index (χ1n) is 12.9. The number of pyridine rings is 1. The maximum Gasteiger partial charge on any atom is 0.183 e. The molecule has 9 heteroatoms. The molecule has 0 aliphatic carbocycles. The number of piperidine rings is 1. The molecule has 4 aliphatic heterocycles. The van der Waals surface area contributed by atoms with Crippen LogP contribution in [0.2, 0.25) is 0 Å². The van der Waals surface area contributed by atoms with E-state index in [2.05, 4.69) is 37.1 Å². The highest BCUT2D eigenvalue weighted by atomic mass is 16.5. The number of anilines is 3. The van der Waals surface area contributed by atoms with Crippen LogP contribution in [0, 0.1) is 0 Å². The van der Waals surface area contributed by atoms with E-state index in [4.69, 9.17) is 20.4 Å². The molecule has 8 rings (SSSR count). The summed E-state index contributed by atoms with van der Waals surface area (Å²) in [5.41, 5.74) is 11.3. The van der Waals surface area contributed by atoms with E-state index in [1.165, 1.54) is 0 Å². The summed E-state index contributed by atoms with van der Waals surface area (Å²) in [5.74, 6) is 2.67. The normalized spacial score (nSPS) is 28.4.